The number of carbonyl (C=O) groups excluding carboxylic acids is 2. The Morgan fingerprint density at radius 1 is 0.980 bits per heavy atom. The summed E-state index contributed by atoms with van der Waals surface area (Å²) in [7, 11) is 1.66. The monoisotopic (exact) mass is 722 g/mol. The van der Waals surface area contributed by atoms with Crippen LogP contribution in [0.4, 0.5) is 22.4 Å². The summed E-state index contributed by atoms with van der Waals surface area (Å²) >= 11 is 12.1. The lowest BCUT2D eigenvalue weighted by Crippen LogP contribution is -2.30. The molecule has 260 valence electrons. The van der Waals surface area contributed by atoms with Crippen LogP contribution in [0, 0.1) is 5.82 Å². The molecule has 1 aromatic heterocycles. The van der Waals surface area contributed by atoms with Gasteiger partial charge in [-0.05, 0) is 85.8 Å². The molecule has 1 unspecified atom stereocenters. The Bertz CT molecular complexity index is 1960. The highest BCUT2D eigenvalue weighted by molar-refractivity contribution is 6.42. The third-order valence-corrected chi connectivity index (χ3v) is 7.89. The normalized spacial score (nSPS) is 12.9. The summed E-state index contributed by atoms with van der Waals surface area (Å²) in [4.78, 5) is 41.9. The summed E-state index contributed by atoms with van der Waals surface area (Å²) in [6, 6.07) is 9.61. The van der Waals surface area contributed by atoms with Gasteiger partial charge in [0, 0.05) is 31.5 Å². The van der Waals surface area contributed by atoms with Crippen molar-refractivity contribution in [2.45, 2.75) is 58.0 Å². The molecule has 9 nitrogen and oxygen atoms in total. The van der Waals surface area contributed by atoms with Gasteiger partial charge in [-0.2, -0.15) is 13.2 Å². The van der Waals surface area contributed by atoms with Crippen molar-refractivity contribution in [2.24, 2.45) is 12.0 Å². The predicted octanol–water partition coefficient (Wildman–Crippen LogP) is 7.98. The molecule has 49 heavy (non-hydrogen) atoms. The molecule has 0 saturated heterocycles. The zero-order valence-electron chi connectivity index (χ0n) is 26.7. The number of carboxylic acid groups (broad SMARTS) is 1. The van der Waals surface area contributed by atoms with Crippen LogP contribution in [0.25, 0.3) is 11.1 Å². The minimum atomic E-state index is -4.92. The topological polar surface area (TPSA) is 115 Å². The van der Waals surface area contributed by atoms with Crippen molar-refractivity contribution in [3.05, 3.63) is 111 Å². The third kappa shape index (κ3) is 9.96. The van der Waals surface area contributed by atoms with E-state index in [0.29, 0.717) is 17.2 Å². The highest BCUT2D eigenvalue weighted by atomic mass is 35.5. The summed E-state index contributed by atoms with van der Waals surface area (Å²) in [6.07, 6.45) is -2.84. The minimum absolute atomic E-state index is 0.0315. The van der Waals surface area contributed by atoms with Gasteiger partial charge in [-0.1, -0.05) is 41.4 Å². The van der Waals surface area contributed by atoms with Crippen molar-refractivity contribution in [2.75, 3.05) is 0 Å². The van der Waals surface area contributed by atoms with E-state index < -0.39 is 53.6 Å². The molecule has 4 aromatic rings. The molecule has 1 atom stereocenters. The van der Waals surface area contributed by atoms with E-state index in [1.165, 1.54) is 36.4 Å². The molecule has 2 amide bonds. The van der Waals surface area contributed by atoms with Crippen molar-refractivity contribution in [3.63, 3.8) is 0 Å². The van der Waals surface area contributed by atoms with Crippen LogP contribution in [0.2, 0.25) is 10.0 Å². The van der Waals surface area contributed by atoms with Crippen LogP contribution >= 0.6 is 23.2 Å². The zero-order valence-corrected chi connectivity index (χ0v) is 28.3. The fourth-order valence-corrected chi connectivity index (χ4v) is 5.28. The van der Waals surface area contributed by atoms with Gasteiger partial charge in [0.2, 0.25) is 5.62 Å². The van der Waals surface area contributed by atoms with E-state index in [0.717, 1.165) is 12.1 Å². The van der Waals surface area contributed by atoms with Crippen LogP contribution in [0.5, 0.6) is 0 Å². The lowest BCUT2D eigenvalue weighted by molar-refractivity contribution is -0.138. The molecule has 0 bridgehead atoms. The number of aromatic nitrogens is 2. The molecule has 0 fully saturated rings. The summed E-state index contributed by atoms with van der Waals surface area (Å²) < 4.78 is 64.7. The third-order valence-electron chi connectivity index (χ3n) is 7.15. The van der Waals surface area contributed by atoms with Crippen LogP contribution in [-0.2, 0) is 35.7 Å². The maximum atomic E-state index is 14.1. The fourth-order valence-electron chi connectivity index (χ4n) is 4.97. The molecule has 0 spiro atoms. The van der Waals surface area contributed by atoms with E-state index in [-0.39, 0.29) is 45.3 Å². The Hall–Kier alpha value is -4.62. The van der Waals surface area contributed by atoms with Crippen molar-refractivity contribution in [3.8, 4) is 11.1 Å². The number of rotatable bonds is 9. The number of hydrogen-bond acceptors (Lipinski definition) is 4. The smallest absolute Gasteiger partial charge is 0.437 e. The Balaban J connectivity index is 1.77. The van der Waals surface area contributed by atoms with E-state index in [4.69, 9.17) is 27.9 Å². The lowest BCUT2D eigenvalue weighted by atomic mass is 9.94. The summed E-state index contributed by atoms with van der Waals surface area (Å²) in [6.45, 7) is 5.26. The fraction of sp³-hybridized carbons (Fsp3) is 0.294. The van der Waals surface area contributed by atoms with Crippen LogP contribution in [0.15, 0.2) is 72.0 Å². The molecule has 0 aliphatic carbocycles. The number of carboxylic acids is 1. The number of hydrogen-bond donors (Lipinski definition) is 2. The van der Waals surface area contributed by atoms with Gasteiger partial charge in [0.1, 0.15) is 11.4 Å². The van der Waals surface area contributed by atoms with Crippen molar-refractivity contribution in [1.82, 2.24) is 14.5 Å². The van der Waals surface area contributed by atoms with Crippen LogP contribution in [0.1, 0.15) is 60.3 Å². The summed E-state index contributed by atoms with van der Waals surface area (Å²) in [5.41, 5.74) is -1.54. The van der Waals surface area contributed by atoms with Crippen LogP contribution in [0.3, 0.4) is 0 Å². The maximum absolute atomic E-state index is 14.1. The van der Waals surface area contributed by atoms with E-state index in [1.54, 1.807) is 49.3 Å². The lowest BCUT2D eigenvalue weighted by Gasteiger charge is -2.20. The Labute approximate surface area is 288 Å². The van der Waals surface area contributed by atoms with E-state index in [1.807, 2.05) is 0 Å². The molecule has 0 saturated carbocycles. The molecule has 1 heterocycles. The minimum Gasteiger partial charge on any atom is -0.481 e. The maximum Gasteiger partial charge on any atom is 0.437 e. The number of amides is 2. The van der Waals surface area contributed by atoms with Crippen molar-refractivity contribution < 1.29 is 41.8 Å². The van der Waals surface area contributed by atoms with E-state index >= 15 is 0 Å². The SMILES string of the molecule is Cn1ccn(CCc2cc(C(=O)NC(CC(=O)O)c3ccc(Cl)c(Cl)c3)cc(-c3ccc(F)cc3C(F)(F)F)c2)/c1=N\C(=O)OC(C)(C)C. The molecule has 15 heteroatoms. The van der Waals surface area contributed by atoms with Gasteiger partial charge in [0.15, 0.2) is 0 Å². The molecule has 0 radical (unpaired) electrons. The first-order chi connectivity index (χ1) is 22.8. The molecular formula is C34H32Cl2F4N4O5. The van der Waals surface area contributed by atoms with Gasteiger partial charge in [-0.3, -0.25) is 9.59 Å². The Kier molecular flexibility index (Phi) is 11.3. The predicted molar refractivity (Wildman–Crippen MR) is 175 cm³/mol. The molecule has 3 aromatic carbocycles. The van der Waals surface area contributed by atoms with Gasteiger partial charge in [-0.15, -0.1) is 4.99 Å². The van der Waals surface area contributed by atoms with Gasteiger partial charge in [0.25, 0.3) is 5.91 Å². The van der Waals surface area contributed by atoms with E-state index in [2.05, 4.69) is 10.3 Å². The second-order valence-corrected chi connectivity index (χ2v) is 13.0. The number of aryl methyl sites for hydroxylation is 3. The standard InChI is InChI=1S/C34H32Cl2F4N4O5/c1-33(2,3)49-32(48)42-31-43(4)11-12-44(31)10-9-19-13-21(24-7-6-23(37)17-25(24)34(38,39)40)15-22(14-19)30(47)41-28(18-29(45)46)20-5-8-26(35)27(36)16-20/h5-8,11-17,28H,9-10,18H2,1-4H3,(H,41,47)(H,45,46)/b42-31-. The molecular weight excluding hydrogens is 691 g/mol. The van der Waals surface area contributed by atoms with Gasteiger partial charge < -0.3 is 24.3 Å². The van der Waals surface area contributed by atoms with Gasteiger partial charge >= 0.3 is 18.2 Å². The van der Waals surface area contributed by atoms with Crippen LogP contribution in [-0.4, -0.2) is 37.8 Å². The van der Waals surface area contributed by atoms with E-state index in [9.17, 15) is 37.1 Å². The van der Waals surface area contributed by atoms with Crippen LogP contribution < -0.4 is 10.9 Å². The number of ether oxygens (including phenoxy) is 1. The van der Waals surface area contributed by atoms with Crippen molar-refractivity contribution >= 4 is 41.2 Å². The number of carbonyl (C=O) groups is 3. The number of aliphatic carboxylic acids is 1. The first-order valence-corrected chi connectivity index (χ1v) is 15.5. The summed E-state index contributed by atoms with van der Waals surface area (Å²) in [5.74, 6) is -3.12. The first kappa shape index (κ1) is 37.2. The quantitative estimate of drug-likeness (QED) is 0.170. The van der Waals surface area contributed by atoms with Gasteiger partial charge in [-0.25, -0.2) is 9.18 Å². The molecule has 4 rings (SSSR count). The summed E-state index contributed by atoms with van der Waals surface area (Å²) in [5, 5.41) is 12.5. The molecule has 0 aliphatic heterocycles. The number of imidazole rings is 1. The molecule has 0 aliphatic rings. The zero-order chi connectivity index (χ0) is 36.3. The number of alkyl halides is 3. The number of halogens is 6. The molecule has 2 N–H and O–H groups in total. The number of nitrogens with one attached hydrogen (secondary N) is 1. The average Bonchev–Trinajstić information content (AvgIpc) is 3.33. The van der Waals surface area contributed by atoms with Gasteiger partial charge in [0.05, 0.1) is 28.1 Å². The number of nitrogens with zero attached hydrogens (tertiary/aromatic N) is 3. The Morgan fingerprint density at radius 3 is 2.33 bits per heavy atom. The highest BCUT2D eigenvalue weighted by Gasteiger charge is 2.34. The second-order valence-electron chi connectivity index (χ2n) is 12.1. The second kappa shape index (κ2) is 14.9. The largest absolute Gasteiger partial charge is 0.481 e. The van der Waals surface area contributed by atoms with Crippen molar-refractivity contribution in [1.29, 1.82) is 0 Å². The Morgan fingerprint density at radius 2 is 1.69 bits per heavy atom. The average molecular weight is 724 g/mol. The highest BCUT2D eigenvalue weighted by Crippen LogP contribution is 2.38. The number of benzene rings is 3. The first-order valence-electron chi connectivity index (χ1n) is 14.8.